The fourth-order valence-corrected chi connectivity index (χ4v) is 1.88. The van der Waals surface area contributed by atoms with Gasteiger partial charge < -0.3 is 14.2 Å². The summed E-state index contributed by atoms with van der Waals surface area (Å²) in [6, 6.07) is 0. The van der Waals surface area contributed by atoms with Crippen molar-refractivity contribution in [2.24, 2.45) is 5.92 Å². The number of hydrogen-bond donors (Lipinski definition) is 0. The fraction of sp³-hybridized carbons (Fsp3) is 0.500. The summed E-state index contributed by atoms with van der Waals surface area (Å²) in [4.78, 5) is 11.5. The molecule has 0 fully saturated rings. The van der Waals surface area contributed by atoms with Crippen molar-refractivity contribution in [1.29, 1.82) is 0 Å². The standard InChI is InChI=1S/C10H11ClO4/c1-13-10(12)6-2-3-7(11)9-8(6)14-4-5-15-9/h3,6H,2,4-5H2,1H3. The van der Waals surface area contributed by atoms with Crippen LogP contribution in [0.3, 0.4) is 0 Å². The zero-order chi connectivity index (χ0) is 10.8. The SMILES string of the molecule is COC(=O)C1CC=C(Cl)C2=C1OCCO2. The van der Waals surface area contributed by atoms with Crippen molar-refractivity contribution in [1.82, 2.24) is 0 Å². The van der Waals surface area contributed by atoms with E-state index in [0.717, 1.165) is 0 Å². The molecule has 0 bridgehead atoms. The molecule has 1 atom stereocenters. The molecular weight excluding hydrogens is 220 g/mol. The third-order valence-electron chi connectivity index (χ3n) is 2.36. The summed E-state index contributed by atoms with van der Waals surface area (Å²) in [7, 11) is 1.35. The number of carbonyl (C=O) groups excluding carboxylic acids is 1. The van der Waals surface area contributed by atoms with Gasteiger partial charge in [-0.2, -0.15) is 0 Å². The average molecular weight is 231 g/mol. The van der Waals surface area contributed by atoms with Gasteiger partial charge in [0, 0.05) is 0 Å². The molecule has 0 N–H and O–H groups in total. The molecule has 0 spiro atoms. The van der Waals surface area contributed by atoms with Crippen LogP contribution in [0.5, 0.6) is 0 Å². The maximum Gasteiger partial charge on any atom is 0.316 e. The van der Waals surface area contributed by atoms with E-state index in [4.69, 9.17) is 25.8 Å². The van der Waals surface area contributed by atoms with E-state index in [1.807, 2.05) is 0 Å². The Morgan fingerprint density at radius 1 is 1.53 bits per heavy atom. The molecule has 0 aromatic heterocycles. The first-order valence-electron chi connectivity index (χ1n) is 4.67. The lowest BCUT2D eigenvalue weighted by molar-refractivity contribution is -0.146. The Balaban J connectivity index is 2.31. The minimum Gasteiger partial charge on any atom is -0.490 e. The minimum absolute atomic E-state index is 0.326. The zero-order valence-electron chi connectivity index (χ0n) is 8.29. The summed E-state index contributed by atoms with van der Waals surface area (Å²) in [5.74, 6) is 0.228. The van der Waals surface area contributed by atoms with Crippen LogP contribution in [-0.2, 0) is 19.0 Å². The Labute approximate surface area is 92.4 Å². The van der Waals surface area contributed by atoms with Gasteiger partial charge in [-0.1, -0.05) is 17.7 Å². The molecule has 0 saturated heterocycles. The monoisotopic (exact) mass is 230 g/mol. The highest BCUT2D eigenvalue weighted by atomic mass is 35.5. The van der Waals surface area contributed by atoms with Crippen molar-refractivity contribution in [2.45, 2.75) is 6.42 Å². The lowest BCUT2D eigenvalue weighted by Gasteiger charge is -2.28. The molecule has 0 amide bonds. The number of hydrogen-bond acceptors (Lipinski definition) is 4. The minimum atomic E-state index is -0.423. The van der Waals surface area contributed by atoms with Crippen LogP contribution >= 0.6 is 11.6 Å². The average Bonchev–Trinajstić information content (AvgIpc) is 2.29. The molecule has 82 valence electrons. The van der Waals surface area contributed by atoms with Gasteiger partial charge >= 0.3 is 5.97 Å². The van der Waals surface area contributed by atoms with Gasteiger partial charge in [0.25, 0.3) is 0 Å². The van der Waals surface area contributed by atoms with Crippen LogP contribution in [0.2, 0.25) is 0 Å². The van der Waals surface area contributed by atoms with Crippen LogP contribution in [0.4, 0.5) is 0 Å². The highest BCUT2D eigenvalue weighted by molar-refractivity contribution is 6.31. The maximum absolute atomic E-state index is 11.5. The Kier molecular flexibility index (Phi) is 2.86. The second-order valence-corrected chi connectivity index (χ2v) is 3.66. The quantitative estimate of drug-likeness (QED) is 0.642. The molecule has 1 aliphatic carbocycles. The summed E-state index contributed by atoms with van der Waals surface area (Å²) >= 11 is 5.95. The van der Waals surface area contributed by atoms with Gasteiger partial charge in [-0.25, -0.2) is 0 Å². The predicted octanol–water partition coefficient (Wildman–Crippen LogP) is 1.56. The Hall–Kier alpha value is -1.16. The highest BCUT2D eigenvalue weighted by Crippen LogP contribution is 2.35. The zero-order valence-corrected chi connectivity index (χ0v) is 9.04. The van der Waals surface area contributed by atoms with E-state index in [9.17, 15) is 4.79 Å². The molecule has 0 saturated carbocycles. The van der Waals surface area contributed by atoms with E-state index in [-0.39, 0.29) is 5.97 Å². The topological polar surface area (TPSA) is 44.8 Å². The molecular formula is C10H11ClO4. The number of ether oxygens (including phenoxy) is 3. The van der Waals surface area contributed by atoms with E-state index < -0.39 is 5.92 Å². The second-order valence-electron chi connectivity index (χ2n) is 3.25. The number of carbonyl (C=O) groups is 1. The van der Waals surface area contributed by atoms with Crippen molar-refractivity contribution >= 4 is 17.6 Å². The summed E-state index contributed by atoms with van der Waals surface area (Å²) in [5.41, 5.74) is 0. The number of methoxy groups -OCH3 is 1. The summed E-state index contributed by atoms with van der Waals surface area (Å²) in [6.07, 6.45) is 2.24. The number of esters is 1. The van der Waals surface area contributed by atoms with Gasteiger partial charge in [-0.15, -0.1) is 0 Å². The first-order valence-corrected chi connectivity index (χ1v) is 5.05. The summed E-state index contributed by atoms with van der Waals surface area (Å²) < 4.78 is 15.5. The molecule has 0 aromatic rings. The molecule has 0 radical (unpaired) electrons. The first kappa shape index (κ1) is 10.4. The molecule has 1 aliphatic heterocycles. The second kappa shape index (κ2) is 4.14. The molecule has 0 aromatic carbocycles. The first-order chi connectivity index (χ1) is 7.24. The molecule has 4 nitrogen and oxygen atoms in total. The van der Waals surface area contributed by atoms with Crippen molar-refractivity contribution in [3.63, 3.8) is 0 Å². The molecule has 1 heterocycles. The lowest BCUT2D eigenvalue weighted by Crippen LogP contribution is -2.27. The van der Waals surface area contributed by atoms with Gasteiger partial charge in [0.2, 0.25) is 0 Å². The molecule has 15 heavy (non-hydrogen) atoms. The van der Waals surface area contributed by atoms with Crippen LogP contribution < -0.4 is 0 Å². The number of halogens is 1. The van der Waals surface area contributed by atoms with Crippen LogP contribution in [-0.4, -0.2) is 26.3 Å². The van der Waals surface area contributed by atoms with Gasteiger partial charge in [-0.3, -0.25) is 4.79 Å². The van der Waals surface area contributed by atoms with Gasteiger partial charge in [0.05, 0.1) is 12.1 Å². The largest absolute Gasteiger partial charge is 0.490 e. The normalized spacial score (nSPS) is 24.7. The van der Waals surface area contributed by atoms with E-state index in [1.165, 1.54) is 7.11 Å². The van der Waals surface area contributed by atoms with Crippen molar-refractivity contribution < 1.29 is 19.0 Å². The Bertz CT molecular complexity index is 345. The number of allylic oxidation sites excluding steroid dienone is 2. The predicted molar refractivity (Wildman–Crippen MR) is 53.0 cm³/mol. The Morgan fingerprint density at radius 2 is 2.27 bits per heavy atom. The van der Waals surface area contributed by atoms with Crippen LogP contribution in [0.1, 0.15) is 6.42 Å². The smallest absolute Gasteiger partial charge is 0.316 e. The fourth-order valence-electron chi connectivity index (χ4n) is 1.64. The van der Waals surface area contributed by atoms with E-state index >= 15 is 0 Å². The summed E-state index contributed by atoms with van der Waals surface area (Å²) in [6.45, 7) is 0.896. The number of rotatable bonds is 1. The summed E-state index contributed by atoms with van der Waals surface area (Å²) in [5, 5.41) is 0.504. The van der Waals surface area contributed by atoms with E-state index in [1.54, 1.807) is 6.08 Å². The highest BCUT2D eigenvalue weighted by Gasteiger charge is 2.34. The molecule has 5 heteroatoms. The molecule has 2 aliphatic rings. The molecule has 1 unspecified atom stereocenters. The van der Waals surface area contributed by atoms with Crippen LogP contribution in [0, 0.1) is 5.92 Å². The third kappa shape index (κ3) is 1.81. The maximum atomic E-state index is 11.5. The van der Waals surface area contributed by atoms with Crippen molar-refractivity contribution in [2.75, 3.05) is 20.3 Å². The van der Waals surface area contributed by atoms with Gasteiger partial charge in [0.15, 0.2) is 11.5 Å². The van der Waals surface area contributed by atoms with E-state index in [2.05, 4.69) is 0 Å². The van der Waals surface area contributed by atoms with Gasteiger partial charge in [0.1, 0.15) is 19.1 Å². The van der Waals surface area contributed by atoms with E-state index in [0.29, 0.717) is 36.2 Å². The van der Waals surface area contributed by atoms with Crippen molar-refractivity contribution in [3.8, 4) is 0 Å². The van der Waals surface area contributed by atoms with Gasteiger partial charge in [-0.05, 0) is 6.42 Å². The van der Waals surface area contributed by atoms with Crippen molar-refractivity contribution in [3.05, 3.63) is 22.6 Å². The third-order valence-corrected chi connectivity index (χ3v) is 2.69. The van der Waals surface area contributed by atoms with Crippen LogP contribution in [0.25, 0.3) is 0 Å². The Morgan fingerprint density at radius 3 is 3.00 bits per heavy atom. The molecule has 2 rings (SSSR count). The van der Waals surface area contributed by atoms with Crippen LogP contribution in [0.15, 0.2) is 22.6 Å². The lowest BCUT2D eigenvalue weighted by atomic mass is 9.97.